The average molecular weight is 146 g/mol. The SMILES string of the molecule is CCC[N+](C)(C)OC(C)=O. The molecule has 0 aliphatic heterocycles. The van der Waals surface area contributed by atoms with Crippen molar-refractivity contribution < 1.29 is 14.3 Å². The van der Waals surface area contributed by atoms with E-state index in [0.29, 0.717) is 4.65 Å². The molecule has 0 saturated carbocycles. The fourth-order valence-corrected chi connectivity index (χ4v) is 0.932. The second kappa shape index (κ2) is 3.56. The maximum atomic E-state index is 10.5. The molecule has 3 nitrogen and oxygen atoms in total. The topological polar surface area (TPSA) is 26.3 Å². The summed E-state index contributed by atoms with van der Waals surface area (Å²) < 4.78 is 0.325. The molecule has 3 heteroatoms. The Bertz CT molecular complexity index is 121. The Hall–Kier alpha value is -0.570. The van der Waals surface area contributed by atoms with Crippen LogP contribution in [-0.2, 0) is 9.63 Å². The third-order valence-corrected chi connectivity index (χ3v) is 1.14. The molecule has 0 aromatic carbocycles. The molecular weight excluding hydrogens is 130 g/mol. The van der Waals surface area contributed by atoms with Crippen LogP contribution in [-0.4, -0.2) is 31.3 Å². The zero-order valence-electron chi connectivity index (χ0n) is 7.18. The third kappa shape index (κ3) is 4.32. The highest BCUT2D eigenvalue weighted by Gasteiger charge is 2.17. The van der Waals surface area contributed by atoms with Gasteiger partial charge in [-0.15, -0.1) is 4.65 Å². The van der Waals surface area contributed by atoms with Gasteiger partial charge in [0, 0.05) is 6.92 Å². The van der Waals surface area contributed by atoms with Crippen LogP contribution in [0.1, 0.15) is 20.3 Å². The molecule has 0 amide bonds. The van der Waals surface area contributed by atoms with Gasteiger partial charge in [-0.3, -0.25) is 4.84 Å². The molecule has 0 aliphatic rings. The van der Waals surface area contributed by atoms with Gasteiger partial charge in [-0.1, -0.05) is 6.92 Å². The van der Waals surface area contributed by atoms with Gasteiger partial charge in [-0.05, 0) is 6.42 Å². The summed E-state index contributed by atoms with van der Waals surface area (Å²) in [6, 6.07) is 0. The molecule has 0 rings (SSSR count). The zero-order valence-corrected chi connectivity index (χ0v) is 7.18. The first-order valence-corrected chi connectivity index (χ1v) is 3.51. The van der Waals surface area contributed by atoms with Crippen molar-refractivity contribution in [1.82, 2.24) is 0 Å². The smallest absolute Gasteiger partial charge is 0.277 e. The van der Waals surface area contributed by atoms with Crippen molar-refractivity contribution in [2.45, 2.75) is 20.3 Å². The van der Waals surface area contributed by atoms with E-state index in [2.05, 4.69) is 6.92 Å². The van der Waals surface area contributed by atoms with E-state index >= 15 is 0 Å². The average Bonchev–Trinajstić information content (AvgIpc) is 1.59. The number of quaternary nitrogens is 1. The highest BCUT2D eigenvalue weighted by molar-refractivity contribution is 5.65. The standard InChI is InChI=1S/C7H16NO2/c1-5-6-8(3,4)10-7(2)9/h5-6H2,1-4H3/q+1. The minimum absolute atomic E-state index is 0.224. The Morgan fingerprint density at radius 1 is 1.50 bits per heavy atom. The van der Waals surface area contributed by atoms with E-state index in [1.807, 2.05) is 14.1 Å². The van der Waals surface area contributed by atoms with Gasteiger partial charge >= 0.3 is 5.97 Å². The van der Waals surface area contributed by atoms with Crippen LogP contribution in [0.15, 0.2) is 0 Å². The second-order valence-corrected chi connectivity index (χ2v) is 2.88. The zero-order chi connectivity index (χ0) is 8.20. The molecule has 0 atom stereocenters. The van der Waals surface area contributed by atoms with E-state index < -0.39 is 0 Å². The first-order valence-electron chi connectivity index (χ1n) is 3.51. The van der Waals surface area contributed by atoms with Crippen molar-refractivity contribution in [2.75, 3.05) is 20.6 Å². The molecule has 0 heterocycles. The number of hydrogen-bond donors (Lipinski definition) is 0. The van der Waals surface area contributed by atoms with Crippen LogP contribution < -0.4 is 0 Å². The molecule has 0 aliphatic carbocycles. The lowest BCUT2D eigenvalue weighted by Gasteiger charge is -2.24. The number of carbonyl (C=O) groups excluding carboxylic acids is 1. The minimum Gasteiger partial charge on any atom is -0.277 e. The van der Waals surface area contributed by atoms with Crippen molar-refractivity contribution in [2.24, 2.45) is 0 Å². The molecule has 0 aromatic rings. The van der Waals surface area contributed by atoms with Gasteiger partial charge in [0.25, 0.3) is 0 Å². The van der Waals surface area contributed by atoms with Gasteiger partial charge in [-0.2, -0.15) is 0 Å². The Morgan fingerprint density at radius 3 is 2.30 bits per heavy atom. The van der Waals surface area contributed by atoms with Gasteiger partial charge in [-0.25, -0.2) is 4.79 Å². The number of hydrogen-bond acceptors (Lipinski definition) is 2. The van der Waals surface area contributed by atoms with Crippen molar-refractivity contribution in [3.05, 3.63) is 0 Å². The predicted octanol–water partition coefficient (Wildman–Crippen LogP) is 0.951. The normalized spacial score (nSPS) is 11.2. The fourth-order valence-electron chi connectivity index (χ4n) is 0.932. The summed E-state index contributed by atoms with van der Waals surface area (Å²) in [4.78, 5) is 15.5. The molecule has 0 aromatic heterocycles. The van der Waals surface area contributed by atoms with Crippen molar-refractivity contribution in [3.63, 3.8) is 0 Å². The van der Waals surface area contributed by atoms with Gasteiger partial charge in [0.2, 0.25) is 0 Å². The second-order valence-electron chi connectivity index (χ2n) is 2.88. The Kier molecular flexibility index (Phi) is 3.36. The van der Waals surface area contributed by atoms with E-state index in [9.17, 15) is 4.79 Å². The summed E-state index contributed by atoms with van der Waals surface area (Å²) in [6.07, 6.45) is 1.01. The molecular formula is C7H16NO2+. The quantitative estimate of drug-likeness (QED) is 0.437. The van der Waals surface area contributed by atoms with Crippen LogP contribution >= 0.6 is 0 Å². The molecule has 0 bridgehead atoms. The Balaban J connectivity index is 3.74. The first-order chi connectivity index (χ1) is 4.48. The monoisotopic (exact) mass is 146 g/mol. The summed E-state index contributed by atoms with van der Waals surface area (Å²) in [6.45, 7) is 4.35. The largest absolute Gasteiger partial charge is 0.363 e. The van der Waals surface area contributed by atoms with Crippen molar-refractivity contribution in [3.8, 4) is 0 Å². The molecule has 0 N–H and O–H groups in total. The summed E-state index contributed by atoms with van der Waals surface area (Å²) in [5.41, 5.74) is 0. The Morgan fingerprint density at radius 2 is 2.00 bits per heavy atom. The maximum absolute atomic E-state index is 10.5. The molecule has 0 saturated heterocycles. The van der Waals surface area contributed by atoms with E-state index in [1.54, 1.807) is 0 Å². The van der Waals surface area contributed by atoms with Crippen LogP contribution in [0.5, 0.6) is 0 Å². The van der Waals surface area contributed by atoms with Crippen LogP contribution in [0.3, 0.4) is 0 Å². The molecule has 60 valence electrons. The number of rotatable bonds is 3. The van der Waals surface area contributed by atoms with Gasteiger partial charge < -0.3 is 0 Å². The van der Waals surface area contributed by atoms with Crippen molar-refractivity contribution >= 4 is 5.97 Å². The van der Waals surface area contributed by atoms with Gasteiger partial charge in [0.1, 0.15) is 20.6 Å². The predicted molar refractivity (Wildman–Crippen MR) is 39.0 cm³/mol. The summed E-state index contributed by atoms with van der Waals surface area (Å²) in [7, 11) is 3.73. The summed E-state index contributed by atoms with van der Waals surface area (Å²) >= 11 is 0. The lowest BCUT2D eigenvalue weighted by atomic mass is 10.4. The van der Waals surface area contributed by atoms with E-state index in [4.69, 9.17) is 4.84 Å². The molecule has 0 unspecified atom stereocenters. The lowest BCUT2D eigenvalue weighted by Crippen LogP contribution is -2.41. The third-order valence-electron chi connectivity index (χ3n) is 1.14. The minimum atomic E-state index is -0.224. The molecule has 0 fully saturated rings. The van der Waals surface area contributed by atoms with Crippen molar-refractivity contribution in [1.29, 1.82) is 0 Å². The van der Waals surface area contributed by atoms with Crippen LogP contribution in [0.2, 0.25) is 0 Å². The number of carbonyl (C=O) groups is 1. The highest BCUT2D eigenvalue weighted by atomic mass is 16.7. The number of nitrogens with zero attached hydrogens (tertiary/aromatic N) is 1. The lowest BCUT2D eigenvalue weighted by molar-refractivity contribution is -1.06. The fraction of sp³-hybridized carbons (Fsp3) is 0.857. The molecule has 0 radical (unpaired) electrons. The van der Waals surface area contributed by atoms with Crippen LogP contribution in [0, 0.1) is 0 Å². The van der Waals surface area contributed by atoms with E-state index in [0.717, 1.165) is 13.0 Å². The van der Waals surface area contributed by atoms with Gasteiger partial charge in [0.05, 0.1) is 0 Å². The van der Waals surface area contributed by atoms with E-state index in [1.165, 1.54) is 6.92 Å². The highest BCUT2D eigenvalue weighted by Crippen LogP contribution is 2.00. The van der Waals surface area contributed by atoms with Crippen LogP contribution in [0.4, 0.5) is 0 Å². The van der Waals surface area contributed by atoms with E-state index in [-0.39, 0.29) is 5.97 Å². The summed E-state index contributed by atoms with van der Waals surface area (Å²) in [5, 5.41) is 0. The molecule has 10 heavy (non-hydrogen) atoms. The maximum Gasteiger partial charge on any atom is 0.363 e. The molecule has 0 spiro atoms. The van der Waals surface area contributed by atoms with Crippen LogP contribution in [0.25, 0.3) is 0 Å². The summed E-state index contributed by atoms with van der Waals surface area (Å²) in [5.74, 6) is -0.224. The Labute approximate surface area is 62.1 Å². The first kappa shape index (κ1) is 9.43. The number of hydroxylamine groups is 3. The van der Waals surface area contributed by atoms with Gasteiger partial charge in [0.15, 0.2) is 0 Å².